The Labute approximate surface area is 188 Å². The smallest absolute Gasteiger partial charge is 0.265 e. The second-order valence-electron chi connectivity index (χ2n) is 8.37. The fourth-order valence-electron chi connectivity index (χ4n) is 4.06. The van der Waals surface area contributed by atoms with E-state index in [0.29, 0.717) is 11.4 Å². The third-order valence-corrected chi connectivity index (χ3v) is 7.35. The normalized spacial score (nSPS) is 16.6. The molecule has 2 aromatic carbocycles. The van der Waals surface area contributed by atoms with Gasteiger partial charge in [0, 0.05) is 11.7 Å². The van der Waals surface area contributed by atoms with Crippen LogP contribution in [0, 0.1) is 13.8 Å². The van der Waals surface area contributed by atoms with Crippen LogP contribution in [0.15, 0.2) is 41.3 Å². The molecule has 170 valence electrons. The minimum atomic E-state index is -3.75. The van der Waals surface area contributed by atoms with Gasteiger partial charge in [-0.05, 0) is 62.1 Å². The third kappa shape index (κ3) is 4.78. The summed E-state index contributed by atoms with van der Waals surface area (Å²) >= 11 is 0. The maximum absolute atomic E-state index is 12.9. The van der Waals surface area contributed by atoms with Gasteiger partial charge in [0.1, 0.15) is 12.3 Å². The molecule has 0 radical (unpaired) electrons. The van der Waals surface area contributed by atoms with E-state index in [1.54, 1.807) is 0 Å². The SMILES string of the molecule is Cc1ccc(C)c(NC(=O)CN2C(=O)COc3ccc(S(=O)(=O)NC4CCCC4)cc32)c1. The number of benzene rings is 2. The molecule has 2 N–H and O–H groups in total. The summed E-state index contributed by atoms with van der Waals surface area (Å²) in [6.45, 7) is 3.36. The standard InChI is InChI=1S/C23H27N3O5S/c1-15-7-8-16(2)19(11-15)24-22(27)13-26-20-12-18(9-10-21(20)31-14-23(26)28)32(29,30)25-17-5-3-4-6-17/h7-12,17,25H,3-6,13-14H2,1-2H3,(H,24,27). The lowest BCUT2D eigenvalue weighted by Gasteiger charge is -2.29. The number of hydrogen-bond acceptors (Lipinski definition) is 5. The molecule has 0 atom stereocenters. The van der Waals surface area contributed by atoms with Crippen molar-refractivity contribution in [2.45, 2.75) is 50.5 Å². The van der Waals surface area contributed by atoms with Crippen LogP contribution < -0.4 is 19.7 Å². The number of amides is 2. The minimum Gasteiger partial charge on any atom is -0.482 e. The summed E-state index contributed by atoms with van der Waals surface area (Å²) in [6.07, 6.45) is 3.64. The molecule has 1 aliphatic heterocycles. The van der Waals surface area contributed by atoms with Crippen LogP contribution in [0.5, 0.6) is 5.75 Å². The molecular formula is C23H27N3O5S. The first-order chi connectivity index (χ1) is 15.2. The Morgan fingerprint density at radius 3 is 2.62 bits per heavy atom. The fourth-order valence-corrected chi connectivity index (χ4v) is 5.38. The van der Waals surface area contributed by atoms with Crippen molar-refractivity contribution in [2.24, 2.45) is 0 Å². The van der Waals surface area contributed by atoms with Gasteiger partial charge in [-0.15, -0.1) is 0 Å². The van der Waals surface area contributed by atoms with Crippen LogP contribution in [0.3, 0.4) is 0 Å². The van der Waals surface area contributed by atoms with Gasteiger partial charge in [0.2, 0.25) is 15.9 Å². The first-order valence-corrected chi connectivity index (χ1v) is 12.2. The Morgan fingerprint density at radius 2 is 1.88 bits per heavy atom. The van der Waals surface area contributed by atoms with E-state index in [-0.39, 0.29) is 35.7 Å². The number of nitrogens with one attached hydrogen (secondary N) is 2. The van der Waals surface area contributed by atoms with Crippen molar-refractivity contribution in [1.82, 2.24) is 4.72 Å². The monoisotopic (exact) mass is 457 g/mol. The summed E-state index contributed by atoms with van der Waals surface area (Å²) in [6, 6.07) is 10.0. The summed E-state index contributed by atoms with van der Waals surface area (Å²) < 4.78 is 33.9. The lowest BCUT2D eigenvalue weighted by atomic mass is 10.1. The molecule has 8 nitrogen and oxygen atoms in total. The van der Waals surface area contributed by atoms with E-state index in [4.69, 9.17) is 4.74 Å². The van der Waals surface area contributed by atoms with Gasteiger partial charge < -0.3 is 10.1 Å². The molecule has 9 heteroatoms. The average Bonchev–Trinajstić information content (AvgIpc) is 3.25. The van der Waals surface area contributed by atoms with E-state index >= 15 is 0 Å². The summed E-state index contributed by atoms with van der Waals surface area (Å²) in [7, 11) is -3.75. The average molecular weight is 458 g/mol. The highest BCUT2D eigenvalue weighted by Crippen LogP contribution is 2.34. The van der Waals surface area contributed by atoms with Gasteiger partial charge in [-0.2, -0.15) is 0 Å². The van der Waals surface area contributed by atoms with Crippen molar-refractivity contribution in [3.63, 3.8) is 0 Å². The van der Waals surface area contributed by atoms with E-state index in [1.807, 2.05) is 32.0 Å². The Kier molecular flexibility index (Phi) is 6.21. The van der Waals surface area contributed by atoms with Gasteiger partial charge in [0.05, 0.1) is 10.6 Å². The third-order valence-electron chi connectivity index (χ3n) is 5.83. The summed E-state index contributed by atoms with van der Waals surface area (Å²) in [4.78, 5) is 26.6. The fraction of sp³-hybridized carbons (Fsp3) is 0.391. The largest absolute Gasteiger partial charge is 0.482 e. The second kappa shape index (κ2) is 8.91. The number of rotatable bonds is 6. The van der Waals surface area contributed by atoms with E-state index in [9.17, 15) is 18.0 Å². The second-order valence-corrected chi connectivity index (χ2v) is 10.1. The van der Waals surface area contributed by atoms with Crippen LogP contribution in [0.2, 0.25) is 0 Å². The van der Waals surface area contributed by atoms with Crippen molar-refractivity contribution < 1.29 is 22.7 Å². The molecule has 2 amide bonds. The van der Waals surface area contributed by atoms with E-state index in [2.05, 4.69) is 10.0 Å². The number of anilines is 2. The van der Waals surface area contributed by atoms with Crippen molar-refractivity contribution in [3.05, 3.63) is 47.5 Å². The van der Waals surface area contributed by atoms with Gasteiger partial charge in [-0.1, -0.05) is 25.0 Å². The Hall–Kier alpha value is -2.91. The maximum Gasteiger partial charge on any atom is 0.265 e. The lowest BCUT2D eigenvalue weighted by Crippen LogP contribution is -2.43. The van der Waals surface area contributed by atoms with Crippen LogP contribution in [0.25, 0.3) is 0 Å². The molecule has 0 aromatic heterocycles. The van der Waals surface area contributed by atoms with E-state index in [1.165, 1.54) is 23.1 Å². The number of fused-ring (bicyclic) bond motifs is 1. The molecule has 1 aliphatic carbocycles. The number of carbonyl (C=O) groups excluding carboxylic acids is 2. The van der Waals surface area contributed by atoms with Gasteiger partial charge >= 0.3 is 0 Å². The Morgan fingerprint density at radius 1 is 1.12 bits per heavy atom. The highest BCUT2D eigenvalue weighted by Gasteiger charge is 2.30. The van der Waals surface area contributed by atoms with Gasteiger partial charge in [0.25, 0.3) is 5.91 Å². The number of nitrogens with zero attached hydrogens (tertiary/aromatic N) is 1. The minimum absolute atomic E-state index is 0.0430. The molecule has 1 saturated carbocycles. The number of hydrogen-bond donors (Lipinski definition) is 2. The predicted molar refractivity (Wildman–Crippen MR) is 121 cm³/mol. The molecule has 0 spiro atoms. The van der Waals surface area contributed by atoms with Crippen LogP contribution >= 0.6 is 0 Å². The topological polar surface area (TPSA) is 105 Å². The van der Waals surface area contributed by atoms with Crippen molar-refractivity contribution in [1.29, 1.82) is 0 Å². The van der Waals surface area contributed by atoms with Crippen LogP contribution in [-0.4, -0.2) is 39.4 Å². The zero-order valence-corrected chi connectivity index (χ0v) is 19.0. The van der Waals surface area contributed by atoms with Gasteiger partial charge in [-0.3, -0.25) is 14.5 Å². The molecule has 2 aromatic rings. The number of carbonyl (C=O) groups is 2. The first-order valence-electron chi connectivity index (χ1n) is 10.7. The van der Waals surface area contributed by atoms with Crippen molar-refractivity contribution in [3.8, 4) is 5.75 Å². The molecule has 1 fully saturated rings. The van der Waals surface area contributed by atoms with E-state index < -0.39 is 15.9 Å². The molecule has 1 heterocycles. The van der Waals surface area contributed by atoms with Crippen LogP contribution in [0.1, 0.15) is 36.8 Å². The van der Waals surface area contributed by atoms with Crippen LogP contribution in [-0.2, 0) is 19.6 Å². The zero-order chi connectivity index (χ0) is 22.9. The van der Waals surface area contributed by atoms with Crippen LogP contribution in [0.4, 0.5) is 11.4 Å². The summed E-state index contributed by atoms with van der Waals surface area (Å²) in [5, 5.41) is 2.84. The Balaban J connectivity index is 1.56. The first kappa shape index (κ1) is 22.3. The molecule has 0 bridgehead atoms. The highest BCUT2D eigenvalue weighted by molar-refractivity contribution is 7.89. The Bertz CT molecular complexity index is 1160. The molecule has 2 aliphatic rings. The molecule has 4 rings (SSSR count). The summed E-state index contributed by atoms with van der Waals surface area (Å²) in [5.41, 5.74) is 2.85. The highest BCUT2D eigenvalue weighted by atomic mass is 32.2. The maximum atomic E-state index is 12.9. The predicted octanol–water partition coefficient (Wildman–Crippen LogP) is 2.89. The molecular weight excluding hydrogens is 430 g/mol. The van der Waals surface area contributed by atoms with Gasteiger partial charge in [0.15, 0.2) is 6.61 Å². The zero-order valence-electron chi connectivity index (χ0n) is 18.2. The van der Waals surface area contributed by atoms with Crippen molar-refractivity contribution >= 4 is 33.2 Å². The molecule has 0 unspecified atom stereocenters. The number of sulfonamides is 1. The number of aryl methyl sites for hydroxylation is 2. The lowest BCUT2D eigenvalue weighted by molar-refractivity contribution is -0.123. The molecule has 32 heavy (non-hydrogen) atoms. The summed E-state index contributed by atoms with van der Waals surface area (Å²) in [5.74, 6) is -0.423. The quantitative estimate of drug-likeness (QED) is 0.694. The van der Waals surface area contributed by atoms with Gasteiger partial charge in [-0.25, -0.2) is 13.1 Å². The molecule has 0 saturated heterocycles. The van der Waals surface area contributed by atoms with Crippen molar-refractivity contribution in [2.75, 3.05) is 23.4 Å². The van der Waals surface area contributed by atoms with E-state index in [0.717, 1.165) is 36.8 Å². The number of ether oxygens (including phenoxy) is 1.